The molecule has 13 heavy (non-hydrogen) atoms. The molecule has 0 spiro atoms. The summed E-state index contributed by atoms with van der Waals surface area (Å²) in [5, 5.41) is 0. The lowest BCUT2D eigenvalue weighted by Gasteiger charge is -2.34. The van der Waals surface area contributed by atoms with Gasteiger partial charge in [0.2, 0.25) is 0 Å². The molecule has 1 nitrogen and oxygen atoms in total. The van der Waals surface area contributed by atoms with Crippen molar-refractivity contribution in [3.63, 3.8) is 0 Å². The molecule has 0 heterocycles. The van der Waals surface area contributed by atoms with Crippen LogP contribution < -0.4 is 5.73 Å². The van der Waals surface area contributed by atoms with E-state index in [2.05, 4.69) is 27.7 Å². The zero-order chi connectivity index (χ0) is 10.3. The summed E-state index contributed by atoms with van der Waals surface area (Å²) >= 11 is 0. The van der Waals surface area contributed by atoms with Crippen molar-refractivity contribution in [1.29, 1.82) is 0 Å². The van der Waals surface area contributed by atoms with Gasteiger partial charge in [-0.3, -0.25) is 0 Å². The monoisotopic (exact) mass is 201 g/mol. The van der Waals surface area contributed by atoms with E-state index in [-0.39, 0.29) is 0 Å². The molecule has 0 radical (unpaired) electrons. The summed E-state index contributed by atoms with van der Waals surface area (Å²) in [6.07, 6.45) is 3.86. The Morgan fingerprint density at radius 3 is 1.77 bits per heavy atom. The first-order valence-electron chi connectivity index (χ1n) is 5.92. The molecule has 0 aromatic rings. The van der Waals surface area contributed by atoms with E-state index in [1.807, 2.05) is 0 Å². The second-order valence-corrected chi connectivity index (χ2v) is 9.76. The van der Waals surface area contributed by atoms with Crippen LogP contribution in [0.2, 0.25) is 18.1 Å². The van der Waals surface area contributed by atoms with Gasteiger partial charge in [0.25, 0.3) is 0 Å². The normalized spacial score (nSPS) is 14.5. The van der Waals surface area contributed by atoms with Crippen LogP contribution in [0.25, 0.3) is 0 Å². The van der Waals surface area contributed by atoms with E-state index >= 15 is 0 Å². The minimum atomic E-state index is -1.08. The van der Waals surface area contributed by atoms with Crippen molar-refractivity contribution >= 4 is 8.07 Å². The number of nitrogens with two attached hydrogens (primary N) is 1. The Balaban J connectivity index is 4.17. The Labute approximate surface area is 85.1 Å². The summed E-state index contributed by atoms with van der Waals surface area (Å²) in [6, 6.07) is 4.10. The molecule has 1 atom stereocenters. The van der Waals surface area contributed by atoms with Crippen molar-refractivity contribution in [2.24, 2.45) is 5.73 Å². The summed E-state index contributed by atoms with van der Waals surface area (Å²) in [7, 11) is -1.08. The molecular weight excluding hydrogens is 174 g/mol. The Hall–Kier alpha value is 0.177. The highest BCUT2D eigenvalue weighted by molar-refractivity contribution is 6.81. The van der Waals surface area contributed by atoms with Gasteiger partial charge in [-0.25, -0.2) is 0 Å². The van der Waals surface area contributed by atoms with Gasteiger partial charge in [0.05, 0.1) is 8.07 Å². The van der Waals surface area contributed by atoms with Crippen LogP contribution in [0.15, 0.2) is 0 Å². The lowest BCUT2D eigenvalue weighted by atomic mass is 10.2. The molecule has 2 N–H and O–H groups in total. The van der Waals surface area contributed by atoms with E-state index in [4.69, 9.17) is 5.73 Å². The molecule has 0 aromatic carbocycles. The number of hydrogen-bond donors (Lipinski definition) is 1. The summed E-state index contributed by atoms with van der Waals surface area (Å²) in [6.45, 7) is 9.26. The molecular formula is C11H27NSi. The zero-order valence-electron chi connectivity index (χ0n) is 9.90. The third kappa shape index (κ3) is 3.43. The van der Waals surface area contributed by atoms with Crippen molar-refractivity contribution in [3.8, 4) is 0 Å². The molecule has 80 valence electrons. The van der Waals surface area contributed by atoms with E-state index in [0.717, 1.165) is 0 Å². The average molecular weight is 201 g/mol. The minimum Gasteiger partial charge on any atom is -0.330 e. The maximum absolute atomic E-state index is 6.33. The Morgan fingerprint density at radius 1 is 1.00 bits per heavy atom. The Bertz CT molecular complexity index is 113. The summed E-state index contributed by atoms with van der Waals surface area (Å²) in [4.78, 5) is 0. The first-order valence-corrected chi connectivity index (χ1v) is 8.62. The van der Waals surface area contributed by atoms with Crippen molar-refractivity contribution in [2.45, 2.75) is 70.8 Å². The molecule has 0 aromatic heterocycles. The maximum atomic E-state index is 6.33. The van der Waals surface area contributed by atoms with E-state index < -0.39 is 8.07 Å². The van der Waals surface area contributed by atoms with Gasteiger partial charge in [-0.15, -0.1) is 0 Å². The highest BCUT2D eigenvalue weighted by atomic mass is 28.3. The molecule has 0 aliphatic rings. The smallest absolute Gasteiger partial charge is 0.0715 e. The topological polar surface area (TPSA) is 26.0 Å². The van der Waals surface area contributed by atoms with Gasteiger partial charge in [-0.1, -0.05) is 58.7 Å². The van der Waals surface area contributed by atoms with E-state index in [1.165, 1.54) is 37.4 Å². The van der Waals surface area contributed by atoms with Crippen LogP contribution in [0, 0.1) is 0 Å². The third-order valence-electron chi connectivity index (χ3n) is 3.77. The van der Waals surface area contributed by atoms with Crippen LogP contribution in [0.5, 0.6) is 0 Å². The first-order chi connectivity index (χ1) is 6.16. The molecule has 2 heteroatoms. The largest absolute Gasteiger partial charge is 0.330 e. The van der Waals surface area contributed by atoms with Crippen LogP contribution in [-0.4, -0.2) is 13.7 Å². The van der Waals surface area contributed by atoms with Gasteiger partial charge in [-0.05, 0) is 12.1 Å². The van der Waals surface area contributed by atoms with Crippen molar-refractivity contribution in [1.82, 2.24) is 0 Å². The fourth-order valence-corrected chi connectivity index (χ4v) is 6.16. The van der Waals surface area contributed by atoms with Gasteiger partial charge < -0.3 is 5.73 Å². The Kier molecular flexibility index (Phi) is 6.69. The second-order valence-electron chi connectivity index (χ2n) is 4.17. The van der Waals surface area contributed by atoms with Crippen molar-refractivity contribution in [3.05, 3.63) is 0 Å². The van der Waals surface area contributed by atoms with Crippen LogP contribution in [0.4, 0.5) is 0 Å². The van der Waals surface area contributed by atoms with Crippen molar-refractivity contribution < 1.29 is 0 Å². The molecule has 0 amide bonds. The lowest BCUT2D eigenvalue weighted by Crippen LogP contribution is -2.51. The van der Waals surface area contributed by atoms with Crippen molar-refractivity contribution in [2.75, 3.05) is 0 Å². The molecule has 0 aliphatic heterocycles. The summed E-state index contributed by atoms with van der Waals surface area (Å²) < 4.78 is 0. The van der Waals surface area contributed by atoms with Crippen LogP contribution >= 0.6 is 0 Å². The summed E-state index contributed by atoms with van der Waals surface area (Å²) in [5.41, 5.74) is 6.88. The van der Waals surface area contributed by atoms with E-state index in [9.17, 15) is 0 Å². The number of rotatable bonds is 7. The molecule has 0 rings (SSSR count). The van der Waals surface area contributed by atoms with Crippen LogP contribution in [0.1, 0.15) is 47.0 Å². The first kappa shape index (κ1) is 13.2. The molecule has 0 saturated carbocycles. The van der Waals surface area contributed by atoms with Gasteiger partial charge >= 0.3 is 0 Å². The molecule has 0 bridgehead atoms. The Morgan fingerprint density at radius 2 is 1.46 bits per heavy atom. The fourth-order valence-electron chi connectivity index (χ4n) is 2.27. The third-order valence-corrected chi connectivity index (χ3v) is 9.85. The SMILES string of the molecule is CCCCC(N)[Si](CC)(CC)CC. The predicted molar refractivity (Wildman–Crippen MR) is 64.7 cm³/mol. The predicted octanol–water partition coefficient (Wildman–Crippen LogP) is 3.55. The van der Waals surface area contributed by atoms with Gasteiger partial charge in [0, 0.05) is 0 Å². The standard InChI is InChI=1S/C11H27NSi/c1-5-9-10-11(12)13(6-2,7-3)8-4/h11H,5-10,12H2,1-4H3. The van der Waals surface area contributed by atoms with Crippen LogP contribution in [-0.2, 0) is 0 Å². The number of hydrogen-bond acceptors (Lipinski definition) is 1. The average Bonchev–Trinajstić information content (AvgIpc) is 2.18. The zero-order valence-corrected chi connectivity index (χ0v) is 10.9. The molecule has 0 fully saturated rings. The van der Waals surface area contributed by atoms with Crippen LogP contribution in [0.3, 0.4) is 0 Å². The quantitative estimate of drug-likeness (QED) is 0.626. The van der Waals surface area contributed by atoms with E-state index in [1.54, 1.807) is 0 Å². The second kappa shape index (κ2) is 6.60. The lowest BCUT2D eigenvalue weighted by molar-refractivity contribution is 0.666. The molecule has 0 saturated heterocycles. The molecule has 0 aliphatic carbocycles. The van der Waals surface area contributed by atoms with Gasteiger partial charge in [-0.2, -0.15) is 0 Å². The highest BCUT2D eigenvalue weighted by Gasteiger charge is 2.32. The number of unbranched alkanes of at least 4 members (excludes halogenated alkanes) is 1. The maximum Gasteiger partial charge on any atom is 0.0715 e. The summed E-state index contributed by atoms with van der Waals surface area (Å²) in [5.74, 6) is 0. The van der Waals surface area contributed by atoms with E-state index in [0.29, 0.717) is 5.67 Å². The van der Waals surface area contributed by atoms with Gasteiger partial charge in [0.15, 0.2) is 0 Å². The minimum absolute atomic E-state index is 0.549. The molecule has 1 unspecified atom stereocenters. The highest BCUT2D eigenvalue weighted by Crippen LogP contribution is 2.25. The van der Waals surface area contributed by atoms with Gasteiger partial charge in [0.1, 0.15) is 0 Å². The fraction of sp³-hybridized carbons (Fsp3) is 1.00.